The summed E-state index contributed by atoms with van der Waals surface area (Å²) in [6, 6.07) is 9.63. The van der Waals surface area contributed by atoms with Gasteiger partial charge in [0.25, 0.3) is 0 Å². The van der Waals surface area contributed by atoms with Gasteiger partial charge in [0.2, 0.25) is 0 Å². The first kappa shape index (κ1) is 17.5. The summed E-state index contributed by atoms with van der Waals surface area (Å²) in [5, 5.41) is 13.6. The second-order valence-corrected chi connectivity index (χ2v) is 4.38. The maximum Gasteiger partial charge on any atom is 0.111 e. The lowest BCUT2D eigenvalue weighted by Gasteiger charge is -2.10. The molecule has 0 saturated heterocycles. The molecule has 0 saturated carbocycles. The van der Waals surface area contributed by atoms with Gasteiger partial charge in [0.05, 0.1) is 19.6 Å². The molecule has 0 spiro atoms. The van der Waals surface area contributed by atoms with Crippen molar-refractivity contribution in [3.63, 3.8) is 0 Å². The predicted molar refractivity (Wildman–Crippen MR) is 87.2 cm³/mol. The average Bonchev–Trinajstić information content (AvgIpc) is 3.08. The number of aliphatic imine (C=N–C) groups is 1. The van der Waals surface area contributed by atoms with E-state index in [2.05, 4.69) is 58.2 Å². The normalized spacial score (nSPS) is 10.0. The smallest absolute Gasteiger partial charge is 0.111 e. The summed E-state index contributed by atoms with van der Waals surface area (Å²) in [5.74, 6) is 5.89. The van der Waals surface area contributed by atoms with Crippen molar-refractivity contribution in [1.29, 1.82) is 0 Å². The summed E-state index contributed by atoms with van der Waals surface area (Å²) in [4.78, 5) is 5.52. The second kappa shape index (κ2) is 11.2. The van der Waals surface area contributed by atoms with Crippen LogP contribution >= 0.6 is 0 Å². The molecule has 0 aliphatic heterocycles. The zero-order chi connectivity index (χ0) is 16.0. The quantitative estimate of drug-likeness (QED) is 0.660. The lowest BCUT2D eigenvalue weighted by Crippen LogP contribution is -3.11. The van der Waals surface area contributed by atoms with Crippen molar-refractivity contribution in [2.45, 2.75) is 20.8 Å². The summed E-state index contributed by atoms with van der Waals surface area (Å²) >= 11 is 0. The lowest BCUT2D eigenvalue weighted by molar-refractivity contribution is -0.894. The van der Waals surface area contributed by atoms with Gasteiger partial charge in [0.15, 0.2) is 0 Å². The zero-order valence-electron chi connectivity index (χ0n) is 13.3. The lowest BCUT2D eigenvalue weighted by atomic mass is 10.2. The van der Waals surface area contributed by atoms with Gasteiger partial charge in [-0.3, -0.25) is 5.10 Å². The highest BCUT2D eigenvalue weighted by atomic mass is 15.5. The molecule has 6 nitrogen and oxygen atoms in total. The fourth-order valence-electron chi connectivity index (χ4n) is 1.67. The molecule has 2 aromatic rings. The van der Waals surface area contributed by atoms with E-state index in [1.807, 2.05) is 30.3 Å². The summed E-state index contributed by atoms with van der Waals surface area (Å²) < 4.78 is 0. The molecule has 116 valence electrons. The molecule has 0 aliphatic rings. The molecule has 0 amide bonds. The summed E-state index contributed by atoms with van der Waals surface area (Å²) in [6.45, 7) is 10.5. The van der Waals surface area contributed by atoms with Crippen LogP contribution in [-0.2, 0) is 0 Å². The Morgan fingerprint density at radius 1 is 1.14 bits per heavy atom. The maximum absolute atomic E-state index is 3.84. The Hall–Kier alpha value is -2.52. The minimum atomic E-state index is 0.220. The number of nitrogens with zero attached hydrogens (tertiary/aromatic N) is 5. The molecule has 0 fully saturated rings. The van der Waals surface area contributed by atoms with Gasteiger partial charge in [-0.15, -0.1) is 5.21 Å². The van der Waals surface area contributed by atoms with Crippen molar-refractivity contribution in [2.75, 3.05) is 19.6 Å². The number of aromatic nitrogens is 4. The van der Waals surface area contributed by atoms with Crippen LogP contribution in [0.4, 0.5) is 5.95 Å². The van der Waals surface area contributed by atoms with Crippen LogP contribution in [0.25, 0.3) is 0 Å². The van der Waals surface area contributed by atoms with E-state index in [-0.39, 0.29) is 5.95 Å². The number of hydrogen-bond acceptors (Lipinski definition) is 4. The van der Waals surface area contributed by atoms with Crippen LogP contribution in [0.2, 0.25) is 0 Å². The van der Waals surface area contributed by atoms with E-state index >= 15 is 0 Å². The Kier molecular flexibility index (Phi) is 8.90. The fourth-order valence-corrected chi connectivity index (χ4v) is 1.67. The van der Waals surface area contributed by atoms with Crippen LogP contribution in [0.15, 0.2) is 35.3 Å². The Bertz CT molecular complexity index is 571. The van der Waals surface area contributed by atoms with Crippen LogP contribution in [-0.4, -0.2) is 41.4 Å². The van der Waals surface area contributed by atoms with Gasteiger partial charge in [0.1, 0.15) is 5.95 Å². The summed E-state index contributed by atoms with van der Waals surface area (Å²) in [7, 11) is 0. The number of nitrogens with one attached hydrogen (secondary N) is 1. The number of rotatable bonds is 4. The third-order valence-corrected chi connectivity index (χ3v) is 3.04. The molecule has 1 aromatic heterocycles. The summed E-state index contributed by atoms with van der Waals surface area (Å²) in [5.41, 5.74) is 0.934. The highest BCUT2D eigenvalue weighted by molar-refractivity contribution is 5.80. The Morgan fingerprint density at radius 3 is 2.32 bits per heavy atom. The highest BCUT2D eigenvalue weighted by Gasteiger charge is 1.92. The van der Waals surface area contributed by atoms with Crippen LogP contribution in [0.5, 0.6) is 0 Å². The van der Waals surface area contributed by atoms with Gasteiger partial charge >= 0.3 is 0 Å². The molecule has 0 atom stereocenters. The minimum Gasteiger partial charge on any atom is -0.336 e. The Morgan fingerprint density at radius 2 is 1.82 bits per heavy atom. The number of tetrazole rings is 1. The van der Waals surface area contributed by atoms with E-state index in [1.54, 1.807) is 4.90 Å². The second-order valence-electron chi connectivity index (χ2n) is 4.38. The molecule has 1 aromatic carbocycles. The first-order valence-corrected chi connectivity index (χ1v) is 7.41. The maximum atomic E-state index is 3.84. The van der Waals surface area contributed by atoms with Crippen molar-refractivity contribution < 1.29 is 4.90 Å². The van der Waals surface area contributed by atoms with Crippen LogP contribution < -0.4 is 10.00 Å². The summed E-state index contributed by atoms with van der Waals surface area (Å²) in [6.07, 6.45) is 1.42. The van der Waals surface area contributed by atoms with E-state index in [1.165, 1.54) is 25.8 Å². The Labute approximate surface area is 131 Å². The average molecular weight is 298 g/mol. The third kappa shape index (κ3) is 7.31. The van der Waals surface area contributed by atoms with Crippen LogP contribution in [0.1, 0.15) is 26.3 Å². The zero-order valence-corrected chi connectivity index (χ0v) is 13.3. The van der Waals surface area contributed by atoms with Crippen LogP contribution in [0.3, 0.4) is 0 Å². The first-order chi connectivity index (χ1) is 10.8. The molecular formula is C16H22N6. The molecule has 1 heterocycles. The van der Waals surface area contributed by atoms with Crippen LogP contribution in [0, 0.1) is 11.8 Å². The van der Waals surface area contributed by atoms with Crippen molar-refractivity contribution in [3.05, 3.63) is 35.9 Å². The van der Waals surface area contributed by atoms with Gasteiger partial charge < -0.3 is 9.89 Å². The molecule has 1 N–H and O–H groups in total. The van der Waals surface area contributed by atoms with E-state index in [0.717, 1.165) is 5.56 Å². The van der Waals surface area contributed by atoms with E-state index in [9.17, 15) is 0 Å². The highest BCUT2D eigenvalue weighted by Crippen LogP contribution is 1.95. The third-order valence-electron chi connectivity index (χ3n) is 3.04. The largest absolute Gasteiger partial charge is 0.336 e. The van der Waals surface area contributed by atoms with Gasteiger partial charge in [-0.25, -0.2) is 5.10 Å². The van der Waals surface area contributed by atoms with E-state index < -0.39 is 0 Å². The minimum absolute atomic E-state index is 0.220. The van der Waals surface area contributed by atoms with Gasteiger partial charge in [0, 0.05) is 11.8 Å². The number of hydrogen-bond donors (Lipinski definition) is 1. The van der Waals surface area contributed by atoms with Crippen molar-refractivity contribution in [2.24, 2.45) is 4.99 Å². The van der Waals surface area contributed by atoms with Crippen molar-refractivity contribution in [3.8, 4) is 11.8 Å². The molecule has 22 heavy (non-hydrogen) atoms. The van der Waals surface area contributed by atoms with E-state index in [4.69, 9.17) is 0 Å². The van der Waals surface area contributed by atoms with Gasteiger partial charge in [-0.2, -0.15) is 5.21 Å². The molecule has 2 rings (SSSR count). The number of benzene rings is 1. The monoisotopic (exact) mass is 298 g/mol. The molecular weight excluding hydrogens is 276 g/mol. The number of quaternary nitrogens is 1. The molecule has 0 aliphatic carbocycles. The molecule has 0 unspecified atom stereocenters. The molecule has 0 bridgehead atoms. The standard InChI is InChI=1S/C10H6N5.C6H15N/c1-2-5-9(6-3-1)7-4-8-11-10-12-14-15-13-10;1-4-7(5-2)6-3/h1-3,5-6,8H;4-6H2,1-3H3/q-1;/p+1/b11-8+;. The van der Waals surface area contributed by atoms with Crippen molar-refractivity contribution in [1.82, 2.24) is 20.6 Å². The first-order valence-electron chi connectivity index (χ1n) is 7.41. The fraction of sp³-hybridized carbons (Fsp3) is 0.375. The topological polar surface area (TPSA) is 69.6 Å². The van der Waals surface area contributed by atoms with E-state index in [0.29, 0.717) is 0 Å². The molecule has 6 heteroatoms. The van der Waals surface area contributed by atoms with Crippen molar-refractivity contribution >= 4 is 12.2 Å². The SMILES string of the molecule is C(#Cc1ccccc1)/C=N/c1nnn[n-]1.CC[NH+](CC)CC. The Balaban J connectivity index is 0.000000295. The van der Waals surface area contributed by atoms with Gasteiger partial charge in [-0.05, 0) is 32.9 Å². The predicted octanol–water partition coefficient (Wildman–Crippen LogP) is 0.514. The van der Waals surface area contributed by atoms with Gasteiger partial charge in [-0.1, -0.05) is 30.0 Å². The molecule has 0 radical (unpaired) electrons.